The van der Waals surface area contributed by atoms with Crippen molar-refractivity contribution in [3.63, 3.8) is 0 Å². The van der Waals surface area contributed by atoms with E-state index in [2.05, 4.69) is 9.72 Å². The molecule has 0 saturated carbocycles. The zero-order valence-electron chi connectivity index (χ0n) is 14.1. The topological polar surface area (TPSA) is 71.5 Å². The highest BCUT2D eigenvalue weighted by Gasteiger charge is 2.13. The predicted molar refractivity (Wildman–Crippen MR) is 96.7 cm³/mol. The van der Waals surface area contributed by atoms with E-state index in [1.165, 1.54) is 36.6 Å². The number of alkyl halides is 2. The number of hydrogen-bond donors (Lipinski definition) is 0. The molecule has 0 saturated heterocycles. The Bertz CT molecular complexity index is 967. The van der Waals surface area contributed by atoms with Gasteiger partial charge in [-0.05, 0) is 41.5 Å². The molecule has 0 fully saturated rings. The summed E-state index contributed by atoms with van der Waals surface area (Å²) in [5.41, 5.74) is 1.77. The normalized spacial score (nSPS) is 11.8. The molecule has 0 radical (unpaired) electrons. The number of halogens is 2. The molecule has 3 aromatic rings. The van der Waals surface area contributed by atoms with Gasteiger partial charge in [0.2, 0.25) is 0 Å². The smallest absolute Gasteiger partial charge is 0.387 e. The van der Waals surface area contributed by atoms with Crippen LogP contribution in [0.15, 0.2) is 42.5 Å². The third-order valence-electron chi connectivity index (χ3n) is 3.65. The number of ether oxygens (including phenoxy) is 2. The second-order valence-electron chi connectivity index (χ2n) is 5.49. The maximum Gasteiger partial charge on any atom is 0.387 e. The molecule has 0 atom stereocenters. The number of rotatable bonds is 7. The number of fused-ring (bicyclic) bond motifs is 1. The Balaban J connectivity index is 2.01. The molecule has 8 heteroatoms. The van der Waals surface area contributed by atoms with E-state index in [0.717, 1.165) is 10.2 Å². The van der Waals surface area contributed by atoms with Crippen LogP contribution < -0.4 is 14.6 Å². The summed E-state index contributed by atoms with van der Waals surface area (Å²) < 4.78 is 35.3. The first-order chi connectivity index (χ1) is 13.0. The van der Waals surface area contributed by atoms with Gasteiger partial charge in [0.25, 0.3) is 0 Å². The molecule has 0 bridgehead atoms. The van der Waals surface area contributed by atoms with E-state index in [1.807, 2.05) is 24.3 Å². The van der Waals surface area contributed by atoms with Crippen molar-refractivity contribution in [2.75, 3.05) is 7.11 Å². The fourth-order valence-electron chi connectivity index (χ4n) is 2.52. The van der Waals surface area contributed by atoms with Crippen molar-refractivity contribution in [2.24, 2.45) is 0 Å². The van der Waals surface area contributed by atoms with Gasteiger partial charge in [-0.25, -0.2) is 4.98 Å². The van der Waals surface area contributed by atoms with Crippen molar-refractivity contribution in [3.05, 3.63) is 53.0 Å². The number of para-hydroxylation sites is 1. The summed E-state index contributed by atoms with van der Waals surface area (Å²) in [6.45, 7) is -2.98. The molecule has 5 nitrogen and oxygen atoms in total. The fraction of sp³-hybridized carbons (Fsp3) is 0.158. The number of methoxy groups -OCH3 is 1. The first-order valence-corrected chi connectivity index (χ1v) is 8.67. The Hall–Kier alpha value is -3.00. The van der Waals surface area contributed by atoms with E-state index in [-0.39, 0.29) is 17.9 Å². The van der Waals surface area contributed by atoms with E-state index in [9.17, 15) is 18.7 Å². The minimum absolute atomic E-state index is 0.105. The van der Waals surface area contributed by atoms with Crippen LogP contribution in [0.2, 0.25) is 0 Å². The summed E-state index contributed by atoms with van der Waals surface area (Å²) in [6.07, 6.45) is 1.28. The average Bonchev–Trinajstić information content (AvgIpc) is 3.05. The average molecular weight is 390 g/mol. The second kappa shape index (κ2) is 8.13. The summed E-state index contributed by atoms with van der Waals surface area (Å²) in [4.78, 5) is 15.6. The lowest BCUT2D eigenvalue weighted by Gasteiger charge is -2.11. The minimum atomic E-state index is -2.98. The highest BCUT2D eigenvalue weighted by atomic mass is 32.1. The fourth-order valence-corrected chi connectivity index (χ4v) is 3.50. The quantitative estimate of drug-likeness (QED) is 0.617. The van der Waals surface area contributed by atoms with Gasteiger partial charge in [0.15, 0.2) is 11.5 Å². The zero-order chi connectivity index (χ0) is 19.4. The minimum Gasteiger partial charge on any atom is -0.550 e. The van der Waals surface area contributed by atoms with Crippen molar-refractivity contribution in [2.45, 2.75) is 13.0 Å². The van der Waals surface area contributed by atoms with E-state index in [0.29, 0.717) is 16.1 Å². The van der Waals surface area contributed by atoms with E-state index >= 15 is 0 Å². The molecule has 0 unspecified atom stereocenters. The van der Waals surface area contributed by atoms with Gasteiger partial charge < -0.3 is 19.4 Å². The predicted octanol–water partition coefficient (Wildman–Crippen LogP) is 3.59. The summed E-state index contributed by atoms with van der Waals surface area (Å²) in [6, 6.07) is 11.8. The Morgan fingerprint density at radius 1 is 1.26 bits per heavy atom. The van der Waals surface area contributed by atoms with Crippen LogP contribution >= 0.6 is 11.3 Å². The Labute approximate surface area is 157 Å². The summed E-state index contributed by atoms with van der Waals surface area (Å²) in [5.74, 6) is -1.24. The molecule has 1 aromatic heterocycles. The van der Waals surface area contributed by atoms with Crippen molar-refractivity contribution in [1.82, 2.24) is 4.98 Å². The monoisotopic (exact) mass is 390 g/mol. The Morgan fingerprint density at radius 2 is 2.04 bits per heavy atom. The van der Waals surface area contributed by atoms with Gasteiger partial charge in [0.1, 0.15) is 5.01 Å². The third kappa shape index (κ3) is 4.59. The summed E-state index contributed by atoms with van der Waals surface area (Å²) in [7, 11) is 1.33. The number of nitrogens with zero attached hydrogens (tertiary/aromatic N) is 1. The lowest BCUT2D eigenvalue weighted by Crippen LogP contribution is -2.22. The van der Waals surface area contributed by atoms with Gasteiger partial charge in [0.05, 0.1) is 17.3 Å². The lowest BCUT2D eigenvalue weighted by molar-refractivity contribution is -0.304. The molecular formula is C19H14F2NO4S-. The van der Waals surface area contributed by atoms with E-state index < -0.39 is 12.6 Å². The van der Waals surface area contributed by atoms with Gasteiger partial charge in [0, 0.05) is 12.4 Å². The van der Waals surface area contributed by atoms with Crippen LogP contribution in [0.25, 0.3) is 21.9 Å². The molecule has 1 heterocycles. The van der Waals surface area contributed by atoms with Crippen LogP contribution in [0.1, 0.15) is 17.0 Å². The molecular weight excluding hydrogens is 376 g/mol. The van der Waals surface area contributed by atoms with Crippen molar-refractivity contribution in [1.29, 1.82) is 0 Å². The largest absolute Gasteiger partial charge is 0.550 e. The molecule has 0 spiro atoms. The summed E-state index contributed by atoms with van der Waals surface area (Å²) >= 11 is 1.36. The Morgan fingerprint density at radius 3 is 2.70 bits per heavy atom. The Kier molecular flexibility index (Phi) is 5.66. The second-order valence-corrected chi connectivity index (χ2v) is 6.52. The number of hydrogen-bond acceptors (Lipinski definition) is 6. The van der Waals surface area contributed by atoms with Gasteiger partial charge in [-0.15, -0.1) is 11.3 Å². The van der Waals surface area contributed by atoms with E-state index in [1.54, 1.807) is 6.08 Å². The van der Waals surface area contributed by atoms with Gasteiger partial charge in [-0.3, -0.25) is 0 Å². The van der Waals surface area contributed by atoms with Gasteiger partial charge >= 0.3 is 6.61 Å². The molecule has 0 N–H and O–H groups in total. The van der Waals surface area contributed by atoms with Gasteiger partial charge in [-0.1, -0.05) is 18.2 Å². The van der Waals surface area contributed by atoms with Crippen LogP contribution in [0.4, 0.5) is 8.78 Å². The number of carboxylic acid groups (broad SMARTS) is 1. The molecule has 0 amide bonds. The SMILES string of the molecule is COc1cc(/C=C(\CC(=O)[O-])c2nc3ccccc3s2)ccc1OC(F)F. The standard InChI is InChI=1S/C19H15F2NO4S/c1-25-15-9-11(6-7-14(15)26-19(20)21)8-12(10-17(23)24)18-22-13-4-2-3-5-16(13)27-18/h2-9,19H,10H2,1H3,(H,23,24)/p-1/b12-8+. The number of aliphatic carboxylic acids is 1. The lowest BCUT2D eigenvalue weighted by atomic mass is 10.1. The third-order valence-corrected chi connectivity index (χ3v) is 4.76. The number of benzene rings is 2. The molecule has 0 aliphatic heterocycles. The van der Waals surface area contributed by atoms with Crippen LogP contribution in [0.5, 0.6) is 11.5 Å². The molecule has 140 valence electrons. The first-order valence-electron chi connectivity index (χ1n) is 7.85. The van der Waals surface area contributed by atoms with Crippen LogP contribution in [0.3, 0.4) is 0 Å². The number of aromatic nitrogens is 1. The number of carboxylic acids is 1. The van der Waals surface area contributed by atoms with Crippen LogP contribution in [0, 0.1) is 0 Å². The van der Waals surface area contributed by atoms with Crippen molar-refractivity contribution in [3.8, 4) is 11.5 Å². The maximum atomic E-state index is 12.4. The number of thiazole rings is 1. The molecule has 3 rings (SSSR count). The first kappa shape index (κ1) is 18.8. The highest BCUT2D eigenvalue weighted by Crippen LogP contribution is 2.33. The number of carbonyl (C=O) groups excluding carboxylic acids is 1. The van der Waals surface area contributed by atoms with Crippen LogP contribution in [-0.2, 0) is 4.79 Å². The number of carbonyl (C=O) groups is 1. The molecule has 0 aliphatic rings. The molecule has 0 aliphatic carbocycles. The van der Waals surface area contributed by atoms with E-state index in [4.69, 9.17) is 4.74 Å². The molecule has 27 heavy (non-hydrogen) atoms. The molecule has 2 aromatic carbocycles. The van der Waals surface area contributed by atoms with Crippen LogP contribution in [-0.4, -0.2) is 24.7 Å². The maximum absolute atomic E-state index is 12.4. The highest BCUT2D eigenvalue weighted by molar-refractivity contribution is 7.19. The van der Waals surface area contributed by atoms with Gasteiger partial charge in [-0.2, -0.15) is 8.78 Å². The zero-order valence-corrected chi connectivity index (χ0v) is 15.0. The van der Waals surface area contributed by atoms with Crippen molar-refractivity contribution >= 4 is 39.2 Å². The summed E-state index contributed by atoms with van der Waals surface area (Å²) in [5, 5.41) is 11.7. The van der Waals surface area contributed by atoms with Crippen molar-refractivity contribution < 1.29 is 28.2 Å².